The Labute approximate surface area is 120 Å². The molecule has 2 rings (SSSR count). The Bertz CT molecular complexity index is 697. The molecule has 3 N–H and O–H groups in total. The standard InChI is InChI=1S/C13H13BrN2O2S/c1-19(17,18)11-6-7-13(12(15)8-11)16-10-4-2-9(14)3-5-10/h2-8,16H,15H2,1H3. The second-order valence-electron chi connectivity index (χ2n) is 4.15. The summed E-state index contributed by atoms with van der Waals surface area (Å²) in [5.74, 6) is 0. The average Bonchev–Trinajstić information content (AvgIpc) is 2.33. The maximum Gasteiger partial charge on any atom is 0.175 e. The molecule has 6 heteroatoms. The molecule has 100 valence electrons. The number of nitrogens with one attached hydrogen (secondary N) is 1. The Morgan fingerprint density at radius 1 is 1.11 bits per heavy atom. The average molecular weight is 341 g/mol. The highest BCUT2D eigenvalue weighted by atomic mass is 79.9. The van der Waals surface area contributed by atoms with E-state index in [0.717, 1.165) is 16.4 Å². The molecule has 0 unspecified atom stereocenters. The molecule has 19 heavy (non-hydrogen) atoms. The lowest BCUT2D eigenvalue weighted by atomic mass is 10.2. The van der Waals surface area contributed by atoms with Crippen molar-refractivity contribution in [2.45, 2.75) is 4.90 Å². The van der Waals surface area contributed by atoms with Crippen molar-refractivity contribution in [2.24, 2.45) is 0 Å². The van der Waals surface area contributed by atoms with Crippen LogP contribution in [-0.2, 0) is 9.84 Å². The molecule has 0 radical (unpaired) electrons. The molecular formula is C13H13BrN2O2S. The fourth-order valence-corrected chi connectivity index (χ4v) is 2.49. The maximum atomic E-state index is 11.4. The van der Waals surface area contributed by atoms with Gasteiger partial charge in [0.05, 0.1) is 16.3 Å². The quantitative estimate of drug-likeness (QED) is 0.841. The summed E-state index contributed by atoms with van der Waals surface area (Å²) in [4.78, 5) is 0.214. The molecule has 0 spiro atoms. The highest BCUT2D eigenvalue weighted by Crippen LogP contribution is 2.26. The van der Waals surface area contributed by atoms with Gasteiger partial charge in [0.1, 0.15) is 0 Å². The number of rotatable bonds is 3. The Kier molecular flexibility index (Phi) is 3.82. The van der Waals surface area contributed by atoms with Crippen LogP contribution in [0.15, 0.2) is 51.8 Å². The SMILES string of the molecule is CS(=O)(=O)c1ccc(Nc2ccc(Br)cc2)c(N)c1. The predicted octanol–water partition coefficient (Wildman–Crippen LogP) is 3.18. The van der Waals surface area contributed by atoms with Crippen molar-refractivity contribution in [3.05, 3.63) is 46.9 Å². The van der Waals surface area contributed by atoms with Gasteiger partial charge in [0.25, 0.3) is 0 Å². The van der Waals surface area contributed by atoms with E-state index in [2.05, 4.69) is 21.2 Å². The number of nitrogens with two attached hydrogens (primary N) is 1. The summed E-state index contributed by atoms with van der Waals surface area (Å²) < 4.78 is 23.8. The molecule has 4 nitrogen and oxygen atoms in total. The number of hydrogen-bond donors (Lipinski definition) is 2. The molecule has 0 bridgehead atoms. The first kappa shape index (κ1) is 13.9. The summed E-state index contributed by atoms with van der Waals surface area (Å²) in [5.41, 5.74) is 7.81. The van der Waals surface area contributed by atoms with Gasteiger partial charge in [-0.15, -0.1) is 0 Å². The van der Waals surface area contributed by atoms with Crippen molar-refractivity contribution in [1.82, 2.24) is 0 Å². The van der Waals surface area contributed by atoms with Crippen LogP contribution in [0.4, 0.5) is 17.1 Å². The van der Waals surface area contributed by atoms with Crippen LogP contribution in [0.3, 0.4) is 0 Å². The number of hydrogen-bond acceptors (Lipinski definition) is 4. The lowest BCUT2D eigenvalue weighted by molar-refractivity contribution is 0.602. The van der Waals surface area contributed by atoms with Gasteiger partial charge in [0.2, 0.25) is 0 Å². The molecule has 0 amide bonds. The minimum Gasteiger partial charge on any atom is -0.397 e. The van der Waals surface area contributed by atoms with Crippen LogP contribution in [0, 0.1) is 0 Å². The zero-order valence-corrected chi connectivity index (χ0v) is 12.6. The van der Waals surface area contributed by atoms with E-state index in [1.807, 2.05) is 24.3 Å². The molecule has 0 saturated heterocycles. The Balaban J connectivity index is 2.29. The Morgan fingerprint density at radius 2 is 1.74 bits per heavy atom. The van der Waals surface area contributed by atoms with Crippen LogP contribution < -0.4 is 11.1 Å². The van der Waals surface area contributed by atoms with Crippen molar-refractivity contribution in [3.8, 4) is 0 Å². The fraction of sp³-hybridized carbons (Fsp3) is 0.0769. The minimum absolute atomic E-state index is 0.214. The molecule has 0 aliphatic rings. The van der Waals surface area contributed by atoms with Gasteiger partial charge >= 0.3 is 0 Å². The Morgan fingerprint density at radius 3 is 2.26 bits per heavy atom. The summed E-state index contributed by atoms with van der Waals surface area (Å²) >= 11 is 3.36. The van der Waals surface area contributed by atoms with Crippen LogP contribution in [0.25, 0.3) is 0 Å². The highest BCUT2D eigenvalue weighted by molar-refractivity contribution is 9.10. The van der Waals surface area contributed by atoms with Crippen LogP contribution in [0.2, 0.25) is 0 Å². The fourth-order valence-electron chi connectivity index (χ4n) is 1.57. The highest BCUT2D eigenvalue weighted by Gasteiger charge is 2.09. The zero-order chi connectivity index (χ0) is 14.0. The van der Waals surface area contributed by atoms with E-state index in [1.54, 1.807) is 6.07 Å². The normalized spacial score (nSPS) is 11.3. The van der Waals surface area contributed by atoms with Crippen LogP contribution in [0.1, 0.15) is 0 Å². The summed E-state index contributed by atoms with van der Waals surface area (Å²) in [7, 11) is -3.23. The van der Waals surface area contributed by atoms with Gasteiger partial charge in [-0.2, -0.15) is 0 Å². The molecule has 0 heterocycles. The van der Waals surface area contributed by atoms with Crippen molar-refractivity contribution in [1.29, 1.82) is 0 Å². The first-order valence-electron chi connectivity index (χ1n) is 5.48. The number of sulfone groups is 1. The lowest BCUT2D eigenvalue weighted by Gasteiger charge is -2.10. The number of benzene rings is 2. The third-order valence-corrected chi connectivity index (χ3v) is 4.21. The summed E-state index contributed by atoms with van der Waals surface area (Å²) in [6, 6.07) is 12.3. The van der Waals surface area contributed by atoms with E-state index in [1.165, 1.54) is 12.1 Å². The predicted molar refractivity (Wildman–Crippen MR) is 81.4 cm³/mol. The van der Waals surface area contributed by atoms with Gasteiger partial charge in [-0.3, -0.25) is 0 Å². The Hall–Kier alpha value is -1.53. The summed E-state index contributed by atoms with van der Waals surface area (Å²) in [6.07, 6.45) is 1.16. The van der Waals surface area contributed by atoms with Crippen LogP contribution in [0.5, 0.6) is 0 Å². The second kappa shape index (κ2) is 5.22. The molecule has 0 aliphatic carbocycles. The van der Waals surface area contributed by atoms with E-state index >= 15 is 0 Å². The molecule has 2 aromatic carbocycles. The number of halogens is 1. The zero-order valence-electron chi connectivity index (χ0n) is 10.2. The van der Waals surface area contributed by atoms with E-state index < -0.39 is 9.84 Å². The van der Waals surface area contributed by atoms with E-state index in [4.69, 9.17) is 5.73 Å². The van der Waals surface area contributed by atoms with E-state index in [-0.39, 0.29) is 4.90 Å². The minimum atomic E-state index is -3.23. The molecule has 0 aromatic heterocycles. The van der Waals surface area contributed by atoms with Crippen molar-refractivity contribution >= 4 is 42.8 Å². The molecule has 2 aromatic rings. The van der Waals surface area contributed by atoms with Gasteiger partial charge < -0.3 is 11.1 Å². The van der Waals surface area contributed by atoms with Crippen molar-refractivity contribution in [3.63, 3.8) is 0 Å². The van der Waals surface area contributed by atoms with Gasteiger partial charge in [-0.05, 0) is 42.5 Å². The van der Waals surface area contributed by atoms with E-state index in [9.17, 15) is 8.42 Å². The second-order valence-corrected chi connectivity index (χ2v) is 7.08. The van der Waals surface area contributed by atoms with Gasteiger partial charge in [0.15, 0.2) is 9.84 Å². The molecule has 0 aliphatic heterocycles. The topological polar surface area (TPSA) is 72.2 Å². The third kappa shape index (κ3) is 3.48. The van der Waals surface area contributed by atoms with Crippen LogP contribution >= 0.6 is 15.9 Å². The molecular weight excluding hydrogens is 328 g/mol. The maximum absolute atomic E-state index is 11.4. The first-order chi connectivity index (χ1) is 8.86. The summed E-state index contributed by atoms with van der Waals surface area (Å²) in [6.45, 7) is 0. The first-order valence-corrected chi connectivity index (χ1v) is 8.17. The van der Waals surface area contributed by atoms with Crippen molar-refractivity contribution < 1.29 is 8.42 Å². The third-order valence-electron chi connectivity index (χ3n) is 2.57. The molecule has 0 saturated carbocycles. The van der Waals surface area contributed by atoms with Gasteiger partial charge in [-0.25, -0.2) is 8.42 Å². The largest absolute Gasteiger partial charge is 0.397 e. The summed E-state index contributed by atoms with van der Waals surface area (Å²) in [5, 5.41) is 3.14. The van der Waals surface area contributed by atoms with Crippen molar-refractivity contribution in [2.75, 3.05) is 17.3 Å². The van der Waals surface area contributed by atoms with Gasteiger partial charge in [-0.1, -0.05) is 15.9 Å². The van der Waals surface area contributed by atoms with Crippen LogP contribution in [-0.4, -0.2) is 14.7 Å². The number of anilines is 3. The lowest BCUT2D eigenvalue weighted by Crippen LogP contribution is -2.01. The van der Waals surface area contributed by atoms with E-state index in [0.29, 0.717) is 11.4 Å². The monoisotopic (exact) mass is 340 g/mol. The number of nitrogen functional groups attached to an aromatic ring is 1. The van der Waals surface area contributed by atoms with Gasteiger partial charge in [0, 0.05) is 16.4 Å². The smallest absolute Gasteiger partial charge is 0.175 e. The molecule has 0 fully saturated rings. The molecule has 0 atom stereocenters.